The molecule has 2 amide bonds. The standard InChI is InChI=1S/C29H32N2O6/c1-2-36-24-14-10-21(11-15-24)26(32)19-37-29(35)22-8-12-23(13-9-22)31-27(33)18-25(28(31)34)30-17-16-20-6-4-3-5-7-20/h6,8-15,25,30H,2-5,7,16-19H2,1H3. The van der Waals surface area contributed by atoms with Gasteiger partial charge in [-0.05, 0) is 94.1 Å². The number of ketones is 1. The van der Waals surface area contributed by atoms with E-state index in [2.05, 4.69) is 11.4 Å². The topological polar surface area (TPSA) is 102 Å². The Labute approximate surface area is 216 Å². The molecule has 0 radical (unpaired) electrons. The molecule has 1 saturated heterocycles. The maximum absolute atomic E-state index is 12.9. The van der Waals surface area contributed by atoms with E-state index >= 15 is 0 Å². The summed E-state index contributed by atoms with van der Waals surface area (Å²) >= 11 is 0. The molecule has 1 aliphatic heterocycles. The minimum Gasteiger partial charge on any atom is -0.494 e. The van der Waals surface area contributed by atoms with Crippen molar-refractivity contribution < 1.29 is 28.7 Å². The van der Waals surface area contributed by atoms with Crippen LogP contribution in [-0.2, 0) is 14.3 Å². The first-order valence-corrected chi connectivity index (χ1v) is 12.8. The highest BCUT2D eigenvalue weighted by Crippen LogP contribution is 2.24. The van der Waals surface area contributed by atoms with Crippen molar-refractivity contribution >= 4 is 29.3 Å². The van der Waals surface area contributed by atoms with E-state index < -0.39 is 18.6 Å². The third kappa shape index (κ3) is 6.71. The lowest BCUT2D eigenvalue weighted by molar-refractivity contribution is -0.121. The predicted molar refractivity (Wildman–Crippen MR) is 139 cm³/mol. The first-order valence-electron chi connectivity index (χ1n) is 12.8. The van der Waals surface area contributed by atoms with Crippen molar-refractivity contribution in [2.24, 2.45) is 0 Å². The summed E-state index contributed by atoms with van der Waals surface area (Å²) in [4.78, 5) is 51.4. The number of Topliss-reactive ketones (excluding diaryl/α,β-unsaturated/α-hetero) is 1. The zero-order valence-corrected chi connectivity index (χ0v) is 21.0. The van der Waals surface area contributed by atoms with Gasteiger partial charge in [0.2, 0.25) is 5.91 Å². The van der Waals surface area contributed by atoms with Crippen LogP contribution in [0.4, 0.5) is 5.69 Å². The van der Waals surface area contributed by atoms with E-state index in [0.29, 0.717) is 30.2 Å². The van der Waals surface area contributed by atoms with E-state index in [1.54, 1.807) is 24.3 Å². The van der Waals surface area contributed by atoms with Crippen LogP contribution >= 0.6 is 0 Å². The Hall–Kier alpha value is -3.78. The number of hydrogen-bond acceptors (Lipinski definition) is 7. The van der Waals surface area contributed by atoms with Crippen molar-refractivity contribution in [2.75, 3.05) is 24.7 Å². The van der Waals surface area contributed by atoms with Crippen molar-refractivity contribution in [3.8, 4) is 5.75 Å². The van der Waals surface area contributed by atoms with Crippen LogP contribution in [0.15, 0.2) is 60.2 Å². The molecule has 4 rings (SSSR count). The van der Waals surface area contributed by atoms with E-state index in [0.717, 1.165) is 24.2 Å². The summed E-state index contributed by atoms with van der Waals surface area (Å²) in [5, 5.41) is 3.22. The molecule has 8 nitrogen and oxygen atoms in total. The van der Waals surface area contributed by atoms with Gasteiger partial charge in [-0.3, -0.25) is 14.4 Å². The van der Waals surface area contributed by atoms with Gasteiger partial charge in [-0.25, -0.2) is 9.69 Å². The molecule has 1 fully saturated rings. The number of nitrogens with zero attached hydrogens (tertiary/aromatic N) is 1. The Balaban J connectivity index is 1.28. The fourth-order valence-corrected chi connectivity index (χ4v) is 4.55. The molecule has 0 spiro atoms. The predicted octanol–water partition coefficient (Wildman–Crippen LogP) is 4.24. The lowest BCUT2D eigenvalue weighted by Crippen LogP contribution is -2.39. The number of imide groups is 1. The molecule has 37 heavy (non-hydrogen) atoms. The summed E-state index contributed by atoms with van der Waals surface area (Å²) in [6.45, 7) is 2.66. The van der Waals surface area contributed by atoms with Gasteiger partial charge in [0.05, 0.1) is 30.3 Å². The van der Waals surface area contributed by atoms with Crippen molar-refractivity contribution in [3.63, 3.8) is 0 Å². The number of allylic oxidation sites excluding steroid dienone is 1. The Bertz CT molecular complexity index is 1170. The van der Waals surface area contributed by atoms with Crippen molar-refractivity contribution in [1.29, 1.82) is 0 Å². The number of amides is 2. The van der Waals surface area contributed by atoms with Gasteiger partial charge in [-0.1, -0.05) is 11.6 Å². The summed E-state index contributed by atoms with van der Waals surface area (Å²) in [5.41, 5.74) is 2.45. The average Bonchev–Trinajstić information content (AvgIpc) is 3.21. The summed E-state index contributed by atoms with van der Waals surface area (Å²) in [6, 6.07) is 12.1. The van der Waals surface area contributed by atoms with Crippen LogP contribution in [0.1, 0.15) is 66.2 Å². The maximum Gasteiger partial charge on any atom is 0.338 e. The number of hydrogen-bond donors (Lipinski definition) is 1. The molecule has 1 N–H and O–H groups in total. The fraction of sp³-hybridized carbons (Fsp3) is 0.379. The highest BCUT2D eigenvalue weighted by Gasteiger charge is 2.39. The molecular formula is C29H32N2O6. The summed E-state index contributed by atoms with van der Waals surface area (Å²) in [7, 11) is 0. The Morgan fingerprint density at radius 2 is 1.73 bits per heavy atom. The molecule has 2 aromatic rings. The van der Waals surface area contributed by atoms with Crippen LogP contribution in [0.25, 0.3) is 0 Å². The number of benzene rings is 2. The molecule has 1 aliphatic carbocycles. The molecule has 0 bridgehead atoms. The Morgan fingerprint density at radius 1 is 1.00 bits per heavy atom. The number of anilines is 1. The number of carbonyl (C=O) groups is 4. The van der Waals surface area contributed by atoms with Crippen molar-refractivity contribution in [3.05, 3.63) is 71.3 Å². The molecule has 1 unspecified atom stereocenters. The molecular weight excluding hydrogens is 472 g/mol. The van der Waals surface area contributed by atoms with E-state index in [-0.39, 0.29) is 29.6 Å². The molecule has 0 aromatic heterocycles. The molecule has 2 aliphatic rings. The lowest BCUT2D eigenvalue weighted by atomic mass is 9.97. The monoisotopic (exact) mass is 504 g/mol. The number of carbonyl (C=O) groups excluding carboxylic acids is 4. The first-order chi connectivity index (χ1) is 18.0. The normalized spacial score (nSPS) is 17.5. The highest BCUT2D eigenvalue weighted by molar-refractivity contribution is 6.22. The maximum atomic E-state index is 12.9. The Morgan fingerprint density at radius 3 is 2.41 bits per heavy atom. The number of nitrogens with one attached hydrogen (secondary N) is 1. The van der Waals surface area contributed by atoms with E-state index in [4.69, 9.17) is 9.47 Å². The SMILES string of the molecule is CCOc1ccc(C(=O)COC(=O)c2ccc(N3C(=O)CC(NCCC4=CCCCC4)C3=O)cc2)cc1. The number of rotatable bonds is 11. The molecule has 194 valence electrons. The fourth-order valence-electron chi connectivity index (χ4n) is 4.55. The van der Waals surface area contributed by atoms with Gasteiger partial charge in [0.1, 0.15) is 5.75 Å². The molecule has 0 saturated carbocycles. The highest BCUT2D eigenvalue weighted by atomic mass is 16.5. The summed E-state index contributed by atoms with van der Waals surface area (Å²) in [5.74, 6) is -0.916. The van der Waals surface area contributed by atoms with Gasteiger partial charge in [0.15, 0.2) is 12.4 Å². The zero-order valence-electron chi connectivity index (χ0n) is 21.0. The second-order valence-electron chi connectivity index (χ2n) is 9.14. The number of ether oxygens (including phenoxy) is 2. The summed E-state index contributed by atoms with van der Waals surface area (Å²) in [6.07, 6.45) is 7.94. The van der Waals surface area contributed by atoms with Crippen LogP contribution in [0.5, 0.6) is 5.75 Å². The van der Waals surface area contributed by atoms with E-state index in [1.165, 1.54) is 42.7 Å². The van der Waals surface area contributed by atoms with Crippen molar-refractivity contribution in [1.82, 2.24) is 5.32 Å². The molecule has 1 atom stereocenters. The van der Waals surface area contributed by atoms with Gasteiger partial charge in [-0.15, -0.1) is 0 Å². The second kappa shape index (κ2) is 12.5. The first kappa shape index (κ1) is 26.3. The Kier molecular flexibility index (Phi) is 8.85. The third-order valence-corrected chi connectivity index (χ3v) is 6.55. The third-order valence-electron chi connectivity index (χ3n) is 6.55. The summed E-state index contributed by atoms with van der Waals surface area (Å²) < 4.78 is 10.5. The largest absolute Gasteiger partial charge is 0.494 e. The van der Waals surface area contributed by atoms with Crippen LogP contribution in [0, 0.1) is 0 Å². The molecule has 1 heterocycles. The van der Waals surface area contributed by atoms with Crippen molar-refractivity contribution in [2.45, 2.75) is 51.5 Å². The molecule has 2 aromatic carbocycles. The lowest BCUT2D eigenvalue weighted by Gasteiger charge is -2.17. The second-order valence-corrected chi connectivity index (χ2v) is 9.14. The average molecular weight is 505 g/mol. The van der Waals surface area contributed by atoms with Crippen LogP contribution in [0.2, 0.25) is 0 Å². The van der Waals surface area contributed by atoms with Crippen LogP contribution < -0.4 is 15.0 Å². The van der Waals surface area contributed by atoms with Crippen LogP contribution in [0.3, 0.4) is 0 Å². The smallest absolute Gasteiger partial charge is 0.338 e. The van der Waals surface area contributed by atoms with Gasteiger partial charge < -0.3 is 14.8 Å². The zero-order chi connectivity index (χ0) is 26.2. The van der Waals surface area contributed by atoms with Gasteiger partial charge >= 0.3 is 5.97 Å². The minimum atomic E-state index is -0.665. The minimum absolute atomic E-state index is 0.106. The van der Waals surface area contributed by atoms with Gasteiger partial charge in [-0.2, -0.15) is 0 Å². The quantitative estimate of drug-likeness (QED) is 0.211. The molecule has 8 heteroatoms. The van der Waals surface area contributed by atoms with E-state index in [1.807, 2.05) is 6.92 Å². The van der Waals surface area contributed by atoms with Crippen LogP contribution in [-0.4, -0.2) is 49.4 Å². The van der Waals surface area contributed by atoms with E-state index in [9.17, 15) is 19.2 Å². The van der Waals surface area contributed by atoms with Gasteiger partial charge in [0, 0.05) is 5.56 Å². The van der Waals surface area contributed by atoms with Gasteiger partial charge in [0.25, 0.3) is 5.91 Å². The number of esters is 1.